The maximum atomic E-state index is 4.20. The van der Waals surface area contributed by atoms with Crippen molar-refractivity contribution in [3.63, 3.8) is 0 Å². The van der Waals surface area contributed by atoms with E-state index in [0.29, 0.717) is 5.92 Å². The van der Waals surface area contributed by atoms with Gasteiger partial charge in [-0.15, -0.1) is 24.0 Å². The van der Waals surface area contributed by atoms with Crippen LogP contribution in [-0.4, -0.2) is 19.6 Å². The molecule has 1 aromatic carbocycles. The van der Waals surface area contributed by atoms with Gasteiger partial charge in [-0.2, -0.15) is 0 Å². The Hall–Kier alpha value is -0.300. The van der Waals surface area contributed by atoms with Crippen molar-refractivity contribution in [1.82, 2.24) is 10.6 Å². The molecule has 5 heteroatoms. The van der Waals surface area contributed by atoms with Gasteiger partial charge in [0.2, 0.25) is 0 Å². The van der Waals surface area contributed by atoms with Crippen molar-refractivity contribution < 1.29 is 0 Å². The Bertz CT molecular complexity index is 377. The zero-order valence-electron chi connectivity index (χ0n) is 11.7. The van der Waals surface area contributed by atoms with Crippen LogP contribution < -0.4 is 10.6 Å². The van der Waals surface area contributed by atoms with Crippen molar-refractivity contribution in [3.8, 4) is 0 Å². The van der Waals surface area contributed by atoms with Crippen molar-refractivity contribution >= 4 is 45.9 Å². The molecule has 0 saturated carbocycles. The Morgan fingerprint density at radius 2 is 1.84 bits per heavy atom. The highest BCUT2D eigenvalue weighted by atomic mass is 127. The minimum Gasteiger partial charge on any atom is -0.356 e. The molecule has 3 nitrogen and oxygen atoms in total. The standard InChI is InChI=1S/C14H22BrN3.HI/c1-11(2)8-9-17-14(16-3)18-10-12-4-6-13(15)7-5-12;/h4-7,11H,8-10H2,1-3H3,(H2,16,17,18);1H. The number of nitrogens with zero attached hydrogens (tertiary/aromatic N) is 1. The van der Waals surface area contributed by atoms with Gasteiger partial charge in [-0.25, -0.2) is 0 Å². The summed E-state index contributed by atoms with van der Waals surface area (Å²) >= 11 is 3.43. The fourth-order valence-electron chi connectivity index (χ4n) is 1.49. The van der Waals surface area contributed by atoms with E-state index < -0.39 is 0 Å². The monoisotopic (exact) mass is 439 g/mol. The zero-order chi connectivity index (χ0) is 13.4. The Kier molecular flexibility index (Phi) is 10.3. The van der Waals surface area contributed by atoms with Gasteiger partial charge in [0.15, 0.2) is 5.96 Å². The third-order valence-corrected chi connectivity index (χ3v) is 3.14. The maximum Gasteiger partial charge on any atom is 0.191 e. The first-order chi connectivity index (χ1) is 8.61. The van der Waals surface area contributed by atoms with Gasteiger partial charge < -0.3 is 10.6 Å². The lowest BCUT2D eigenvalue weighted by Crippen LogP contribution is -2.37. The molecule has 0 aromatic heterocycles. The number of hydrogen-bond acceptors (Lipinski definition) is 1. The molecule has 19 heavy (non-hydrogen) atoms. The van der Waals surface area contributed by atoms with Crippen LogP contribution in [0.1, 0.15) is 25.8 Å². The van der Waals surface area contributed by atoms with Gasteiger partial charge in [0, 0.05) is 24.6 Å². The Balaban J connectivity index is 0.00000324. The van der Waals surface area contributed by atoms with Gasteiger partial charge in [-0.1, -0.05) is 41.9 Å². The molecule has 0 saturated heterocycles. The zero-order valence-corrected chi connectivity index (χ0v) is 15.7. The molecule has 0 unspecified atom stereocenters. The van der Waals surface area contributed by atoms with E-state index in [-0.39, 0.29) is 24.0 Å². The van der Waals surface area contributed by atoms with Crippen LogP contribution in [0.3, 0.4) is 0 Å². The largest absolute Gasteiger partial charge is 0.356 e. The summed E-state index contributed by atoms with van der Waals surface area (Å²) in [5.74, 6) is 1.57. The molecule has 0 fully saturated rings. The van der Waals surface area contributed by atoms with Crippen molar-refractivity contribution in [2.75, 3.05) is 13.6 Å². The molecule has 0 bridgehead atoms. The number of halogens is 2. The summed E-state index contributed by atoms with van der Waals surface area (Å²) in [4.78, 5) is 4.20. The quantitative estimate of drug-likeness (QED) is 0.416. The molecular weight excluding hydrogens is 417 g/mol. The molecule has 2 N–H and O–H groups in total. The average molecular weight is 440 g/mol. The molecule has 1 aromatic rings. The lowest BCUT2D eigenvalue weighted by molar-refractivity contribution is 0.573. The molecule has 108 valence electrons. The van der Waals surface area contributed by atoms with Crippen molar-refractivity contribution in [2.24, 2.45) is 10.9 Å². The molecule has 0 aliphatic carbocycles. The van der Waals surface area contributed by atoms with Crippen LogP contribution in [0.4, 0.5) is 0 Å². The van der Waals surface area contributed by atoms with Crippen LogP contribution in [0.5, 0.6) is 0 Å². The summed E-state index contributed by atoms with van der Waals surface area (Å²) in [7, 11) is 1.80. The minimum atomic E-state index is 0. The van der Waals surface area contributed by atoms with E-state index in [2.05, 4.69) is 57.5 Å². The van der Waals surface area contributed by atoms with E-state index in [4.69, 9.17) is 0 Å². The van der Waals surface area contributed by atoms with E-state index in [0.717, 1.165) is 29.9 Å². The fraction of sp³-hybridized carbons (Fsp3) is 0.500. The predicted molar refractivity (Wildman–Crippen MR) is 97.2 cm³/mol. The van der Waals surface area contributed by atoms with Gasteiger partial charge in [-0.05, 0) is 30.0 Å². The van der Waals surface area contributed by atoms with Gasteiger partial charge in [0.05, 0.1) is 0 Å². The number of rotatable bonds is 5. The molecule has 1 rings (SSSR count). The number of nitrogens with one attached hydrogen (secondary N) is 2. The van der Waals surface area contributed by atoms with Crippen LogP contribution in [0, 0.1) is 5.92 Å². The summed E-state index contributed by atoms with van der Waals surface area (Å²) in [6, 6.07) is 8.29. The topological polar surface area (TPSA) is 36.4 Å². The lowest BCUT2D eigenvalue weighted by Gasteiger charge is -2.12. The van der Waals surface area contributed by atoms with E-state index in [1.165, 1.54) is 5.56 Å². The van der Waals surface area contributed by atoms with Crippen LogP contribution in [0.2, 0.25) is 0 Å². The SMILES string of the molecule is CN=C(NCCC(C)C)NCc1ccc(Br)cc1.I. The second-order valence-electron chi connectivity index (χ2n) is 4.66. The van der Waals surface area contributed by atoms with Crippen molar-refractivity contribution in [1.29, 1.82) is 0 Å². The maximum absolute atomic E-state index is 4.20. The number of benzene rings is 1. The van der Waals surface area contributed by atoms with Crippen LogP contribution in [-0.2, 0) is 6.54 Å². The average Bonchev–Trinajstić information content (AvgIpc) is 2.35. The van der Waals surface area contributed by atoms with Crippen molar-refractivity contribution in [3.05, 3.63) is 34.3 Å². The summed E-state index contributed by atoms with van der Waals surface area (Å²) in [6.07, 6.45) is 1.15. The Labute approximate surface area is 141 Å². The normalized spacial score (nSPS) is 11.1. The third kappa shape index (κ3) is 8.47. The van der Waals surface area contributed by atoms with Crippen LogP contribution in [0.15, 0.2) is 33.7 Å². The highest BCUT2D eigenvalue weighted by molar-refractivity contribution is 14.0. The first-order valence-corrected chi connectivity index (χ1v) is 7.10. The molecule has 0 radical (unpaired) electrons. The smallest absolute Gasteiger partial charge is 0.191 e. The number of guanidine groups is 1. The van der Waals surface area contributed by atoms with E-state index in [1.807, 2.05) is 12.1 Å². The van der Waals surface area contributed by atoms with Gasteiger partial charge in [0.1, 0.15) is 0 Å². The summed E-state index contributed by atoms with van der Waals surface area (Å²) < 4.78 is 1.10. The van der Waals surface area contributed by atoms with Gasteiger partial charge in [0.25, 0.3) is 0 Å². The molecule has 0 aliphatic heterocycles. The highest BCUT2D eigenvalue weighted by Crippen LogP contribution is 2.10. The van der Waals surface area contributed by atoms with E-state index in [1.54, 1.807) is 7.05 Å². The van der Waals surface area contributed by atoms with E-state index >= 15 is 0 Å². The molecule has 0 spiro atoms. The highest BCUT2D eigenvalue weighted by Gasteiger charge is 1.99. The second kappa shape index (κ2) is 10.5. The third-order valence-electron chi connectivity index (χ3n) is 2.61. The first-order valence-electron chi connectivity index (χ1n) is 6.30. The molecule has 0 aliphatic rings. The molecule has 0 heterocycles. The Morgan fingerprint density at radius 1 is 1.21 bits per heavy atom. The summed E-state index contributed by atoms with van der Waals surface area (Å²) in [5, 5.41) is 6.61. The summed E-state index contributed by atoms with van der Waals surface area (Å²) in [6.45, 7) is 6.19. The minimum absolute atomic E-state index is 0. The van der Waals surface area contributed by atoms with Gasteiger partial charge >= 0.3 is 0 Å². The molecular formula is C14H23BrIN3. The van der Waals surface area contributed by atoms with Crippen molar-refractivity contribution in [2.45, 2.75) is 26.8 Å². The first kappa shape index (κ1) is 18.7. The summed E-state index contributed by atoms with van der Waals surface area (Å²) in [5.41, 5.74) is 1.24. The van der Waals surface area contributed by atoms with Crippen LogP contribution >= 0.6 is 39.9 Å². The molecule has 0 atom stereocenters. The molecule has 0 amide bonds. The predicted octanol–water partition coefficient (Wildman–Crippen LogP) is 3.78. The van der Waals surface area contributed by atoms with Crippen LogP contribution in [0.25, 0.3) is 0 Å². The van der Waals surface area contributed by atoms with Gasteiger partial charge in [-0.3, -0.25) is 4.99 Å². The lowest BCUT2D eigenvalue weighted by atomic mass is 10.1. The second-order valence-corrected chi connectivity index (χ2v) is 5.58. The Morgan fingerprint density at radius 3 is 2.37 bits per heavy atom. The fourth-order valence-corrected chi connectivity index (χ4v) is 1.75. The number of hydrogen-bond donors (Lipinski definition) is 2. The number of aliphatic imine (C=N–C) groups is 1. The van der Waals surface area contributed by atoms with E-state index in [9.17, 15) is 0 Å².